The molecule has 90 valence electrons. The van der Waals surface area contributed by atoms with Gasteiger partial charge in [0.25, 0.3) is 0 Å². The smallest absolute Gasteiger partial charge is 0.137 e. The Hall–Kier alpha value is -0.900. The highest BCUT2D eigenvalue weighted by Crippen LogP contribution is 2.34. The Morgan fingerprint density at radius 3 is 2.88 bits per heavy atom. The van der Waals surface area contributed by atoms with Crippen molar-refractivity contribution in [3.8, 4) is 0 Å². The van der Waals surface area contributed by atoms with E-state index >= 15 is 0 Å². The van der Waals surface area contributed by atoms with Crippen molar-refractivity contribution in [3.05, 3.63) is 12.7 Å². The molecule has 2 rings (SSSR count). The summed E-state index contributed by atoms with van der Waals surface area (Å²) in [4.78, 5) is 3.96. The van der Waals surface area contributed by atoms with E-state index in [1.165, 1.54) is 25.7 Å². The highest BCUT2D eigenvalue weighted by atomic mass is 15.3. The van der Waals surface area contributed by atoms with E-state index < -0.39 is 0 Å². The van der Waals surface area contributed by atoms with Crippen LogP contribution in [0.25, 0.3) is 0 Å². The third-order valence-corrected chi connectivity index (χ3v) is 3.22. The van der Waals surface area contributed by atoms with Gasteiger partial charge in [0.1, 0.15) is 12.7 Å². The molecule has 2 unspecified atom stereocenters. The maximum atomic E-state index is 4.14. The van der Waals surface area contributed by atoms with Gasteiger partial charge in [0, 0.05) is 12.1 Å². The van der Waals surface area contributed by atoms with Crippen molar-refractivity contribution in [1.82, 2.24) is 20.1 Å². The topological polar surface area (TPSA) is 42.7 Å². The number of aromatic nitrogens is 3. The molecule has 0 radical (unpaired) electrons. The molecule has 2 atom stereocenters. The Kier molecular flexibility index (Phi) is 3.93. The summed E-state index contributed by atoms with van der Waals surface area (Å²) in [5.41, 5.74) is 0. The molecule has 16 heavy (non-hydrogen) atoms. The highest BCUT2D eigenvalue weighted by Gasteiger charge is 2.30. The lowest BCUT2D eigenvalue weighted by Gasteiger charge is -2.22. The lowest BCUT2D eigenvalue weighted by atomic mass is 10.1. The molecular weight excluding hydrogens is 200 g/mol. The molecule has 1 aromatic heterocycles. The molecule has 1 heterocycles. The van der Waals surface area contributed by atoms with Crippen LogP contribution < -0.4 is 5.32 Å². The zero-order valence-electron chi connectivity index (χ0n) is 10.3. The molecule has 1 aliphatic carbocycles. The Morgan fingerprint density at radius 2 is 2.31 bits per heavy atom. The number of hydrogen-bond donors (Lipinski definition) is 1. The molecule has 0 saturated heterocycles. The standard InChI is InChI=1S/C12H22N4/c1-3-4-12(11-5-6-11)15-10(2)7-16-9-13-8-14-16/h8-12,15H,3-7H2,1-2H3. The summed E-state index contributed by atoms with van der Waals surface area (Å²) in [6.07, 6.45) is 8.76. The van der Waals surface area contributed by atoms with E-state index in [0.717, 1.165) is 12.5 Å². The molecule has 1 saturated carbocycles. The predicted octanol–water partition coefficient (Wildman–Crippen LogP) is 1.83. The fourth-order valence-electron chi connectivity index (χ4n) is 2.29. The summed E-state index contributed by atoms with van der Waals surface area (Å²) in [6.45, 7) is 5.40. The van der Waals surface area contributed by atoms with Crippen molar-refractivity contribution in [3.63, 3.8) is 0 Å². The normalized spacial score (nSPS) is 19.6. The van der Waals surface area contributed by atoms with E-state index in [-0.39, 0.29) is 0 Å². The zero-order chi connectivity index (χ0) is 11.4. The van der Waals surface area contributed by atoms with Crippen LogP contribution in [0.3, 0.4) is 0 Å². The molecule has 1 fully saturated rings. The molecule has 1 aliphatic rings. The second-order valence-electron chi connectivity index (χ2n) is 4.92. The molecule has 0 bridgehead atoms. The van der Waals surface area contributed by atoms with Crippen LogP contribution in [-0.4, -0.2) is 26.8 Å². The lowest BCUT2D eigenvalue weighted by Crippen LogP contribution is -2.40. The minimum atomic E-state index is 0.471. The van der Waals surface area contributed by atoms with Gasteiger partial charge in [-0.3, -0.25) is 4.68 Å². The Labute approximate surface area is 97.5 Å². The largest absolute Gasteiger partial charge is 0.309 e. The van der Waals surface area contributed by atoms with Gasteiger partial charge in [-0.15, -0.1) is 0 Å². The molecular formula is C12H22N4. The Balaban J connectivity index is 1.78. The summed E-state index contributed by atoms with van der Waals surface area (Å²) in [7, 11) is 0. The number of nitrogens with zero attached hydrogens (tertiary/aromatic N) is 3. The third kappa shape index (κ3) is 3.30. The molecule has 4 nitrogen and oxygen atoms in total. The van der Waals surface area contributed by atoms with E-state index in [4.69, 9.17) is 0 Å². The van der Waals surface area contributed by atoms with Gasteiger partial charge in [0.15, 0.2) is 0 Å². The van der Waals surface area contributed by atoms with Crippen LogP contribution in [0.15, 0.2) is 12.7 Å². The SMILES string of the molecule is CCCC(NC(C)Cn1cncn1)C1CC1. The van der Waals surface area contributed by atoms with E-state index in [1.807, 2.05) is 4.68 Å². The number of rotatable bonds is 7. The second-order valence-corrected chi connectivity index (χ2v) is 4.92. The average Bonchev–Trinajstić information content (AvgIpc) is 2.98. The Morgan fingerprint density at radius 1 is 1.50 bits per heavy atom. The van der Waals surface area contributed by atoms with Crippen molar-refractivity contribution >= 4 is 0 Å². The van der Waals surface area contributed by atoms with Gasteiger partial charge in [-0.1, -0.05) is 13.3 Å². The van der Waals surface area contributed by atoms with Gasteiger partial charge in [0.2, 0.25) is 0 Å². The summed E-state index contributed by atoms with van der Waals surface area (Å²) < 4.78 is 1.90. The fourth-order valence-corrected chi connectivity index (χ4v) is 2.29. The van der Waals surface area contributed by atoms with Gasteiger partial charge < -0.3 is 5.32 Å². The molecule has 1 aromatic rings. The Bertz CT molecular complexity index is 292. The van der Waals surface area contributed by atoms with Gasteiger partial charge in [-0.2, -0.15) is 5.10 Å². The number of hydrogen-bond acceptors (Lipinski definition) is 3. The predicted molar refractivity (Wildman–Crippen MR) is 64.0 cm³/mol. The summed E-state index contributed by atoms with van der Waals surface area (Å²) >= 11 is 0. The quantitative estimate of drug-likeness (QED) is 0.765. The molecule has 1 N–H and O–H groups in total. The van der Waals surface area contributed by atoms with E-state index in [9.17, 15) is 0 Å². The van der Waals surface area contributed by atoms with Crippen LogP contribution in [0.1, 0.15) is 39.5 Å². The fraction of sp³-hybridized carbons (Fsp3) is 0.833. The van der Waals surface area contributed by atoms with Crippen LogP contribution >= 0.6 is 0 Å². The van der Waals surface area contributed by atoms with Gasteiger partial charge in [0.05, 0.1) is 6.54 Å². The zero-order valence-corrected chi connectivity index (χ0v) is 10.3. The van der Waals surface area contributed by atoms with Crippen molar-refractivity contribution in [2.24, 2.45) is 5.92 Å². The molecule has 0 aliphatic heterocycles. The second kappa shape index (κ2) is 5.43. The summed E-state index contributed by atoms with van der Waals surface area (Å²) in [5.74, 6) is 0.929. The minimum absolute atomic E-state index is 0.471. The maximum Gasteiger partial charge on any atom is 0.137 e. The van der Waals surface area contributed by atoms with Crippen molar-refractivity contribution < 1.29 is 0 Å². The first-order chi connectivity index (χ1) is 7.79. The lowest BCUT2D eigenvalue weighted by molar-refractivity contribution is 0.352. The average molecular weight is 222 g/mol. The van der Waals surface area contributed by atoms with Crippen LogP contribution in [0.5, 0.6) is 0 Å². The monoisotopic (exact) mass is 222 g/mol. The van der Waals surface area contributed by atoms with Crippen LogP contribution in [0.4, 0.5) is 0 Å². The number of nitrogens with one attached hydrogen (secondary N) is 1. The summed E-state index contributed by atoms with van der Waals surface area (Å²) in [5, 5.41) is 7.87. The molecule has 0 aromatic carbocycles. The first kappa shape index (κ1) is 11.6. The van der Waals surface area contributed by atoms with Crippen LogP contribution in [0.2, 0.25) is 0 Å². The van der Waals surface area contributed by atoms with Gasteiger partial charge in [-0.05, 0) is 32.1 Å². The first-order valence-electron chi connectivity index (χ1n) is 6.38. The van der Waals surface area contributed by atoms with Crippen molar-refractivity contribution in [1.29, 1.82) is 0 Å². The van der Waals surface area contributed by atoms with Gasteiger partial charge in [-0.25, -0.2) is 4.98 Å². The van der Waals surface area contributed by atoms with Crippen molar-refractivity contribution in [2.75, 3.05) is 0 Å². The van der Waals surface area contributed by atoms with E-state index in [1.54, 1.807) is 12.7 Å². The molecule has 0 amide bonds. The first-order valence-corrected chi connectivity index (χ1v) is 6.38. The van der Waals surface area contributed by atoms with E-state index in [2.05, 4.69) is 29.2 Å². The highest BCUT2D eigenvalue weighted by molar-refractivity contribution is 4.87. The minimum Gasteiger partial charge on any atom is -0.309 e. The molecule has 4 heteroatoms. The third-order valence-electron chi connectivity index (χ3n) is 3.22. The van der Waals surface area contributed by atoms with Crippen LogP contribution in [-0.2, 0) is 6.54 Å². The molecule has 0 spiro atoms. The van der Waals surface area contributed by atoms with E-state index in [0.29, 0.717) is 12.1 Å². The summed E-state index contributed by atoms with van der Waals surface area (Å²) in [6, 6.07) is 1.18. The maximum absolute atomic E-state index is 4.14. The van der Waals surface area contributed by atoms with Gasteiger partial charge >= 0.3 is 0 Å². The van der Waals surface area contributed by atoms with Crippen molar-refractivity contribution in [2.45, 2.75) is 58.2 Å². The van der Waals surface area contributed by atoms with Crippen LogP contribution in [0, 0.1) is 5.92 Å².